The lowest BCUT2D eigenvalue weighted by molar-refractivity contribution is 0.0793. The molecule has 1 heterocycles. The molecule has 0 saturated carbocycles. The molecule has 1 aliphatic rings. The van der Waals surface area contributed by atoms with E-state index in [1.54, 1.807) is 29.2 Å². The number of amides is 1. The van der Waals surface area contributed by atoms with Gasteiger partial charge < -0.3 is 4.90 Å². The Morgan fingerprint density at radius 1 is 1.25 bits per heavy atom. The fraction of sp³-hybridized carbons (Fsp3) is 0.462. The molecule has 1 amide bonds. The number of rotatable bonds is 4. The third-order valence-corrected chi connectivity index (χ3v) is 4.69. The van der Waals surface area contributed by atoms with Crippen LogP contribution in [0, 0.1) is 0 Å². The number of anilines is 1. The van der Waals surface area contributed by atoms with Gasteiger partial charge in [-0.1, -0.05) is 6.07 Å². The second kappa shape index (κ2) is 5.80. The van der Waals surface area contributed by atoms with Crippen LogP contribution in [0.15, 0.2) is 24.3 Å². The first-order valence-corrected chi connectivity index (χ1v) is 7.94. The molecule has 0 spiro atoms. The molecule has 0 aliphatic carbocycles. The first-order chi connectivity index (χ1) is 9.40. The minimum absolute atomic E-state index is 0.0478. The van der Waals surface area contributed by atoms with Crippen LogP contribution in [-0.2, 0) is 10.2 Å². The van der Waals surface area contributed by atoms with Gasteiger partial charge in [0.2, 0.25) is 0 Å². The highest BCUT2D eigenvalue weighted by molar-refractivity contribution is 7.90. The van der Waals surface area contributed by atoms with Gasteiger partial charge in [0.05, 0.1) is 5.69 Å². The van der Waals surface area contributed by atoms with Crippen LogP contribution >= 0.6 is 0 Å². The van der Waals surface area contributed by atoms with Crippen molar-refractivity contribution in [3.8, 4) is 0 Å². The Bertz CT molecular complexity index is 593. The number of nitrogens with zero attached hydrogens (tertiary/aromatic N) is 2. The van der Waals surface area contributed by atoms with Crippen molar-refractivity contribution in [3.05, 3.63) is 29.8 Å². The molecule has 0 aromatic heterocycles. The van der Waals surface area contributed by atoms with Gasteiger partial charge in [-0.2, -0.15) is 12.7 Å². The predicted molar refractivity (Wildman–Crippen MR) is 77.8 cm³/mol. The van der Waals surface area contributed by atoms with E-state index in [2.05, 4.69) is 4.72 Å². The van der Waals surface area contributed by atoms with E-state index >= 15 is 0 Å². The summed E-state index contributed by atoms with van der Waals surface area (Å²) in [5.74, 6) is -0.0478. The molecule has 1 fully saturated rings. The lowest BCUT2D eigenvalue weighted by atomic mass is 10.2. The largest absolute Gasteiger partial charge is 0.339 e. The Morgan fingerprint density at radius 2 is 1.90 bits per heavy atom. The smallest absolute Gasteiger partial charge is 0.301 e. The maximum Gasteiger partial charge on any atom is 0.301 e. The van der Waals surface area contributed by atoms with Crippen LogP contribution in [0.25, 0.3) is 0 Å². The van der Waals surface area contributed by atoms with Gasteiger partial charge in [0.25, 0.3) is 5.91 Å². The summed E-state index contributed by atoms with van der Waals surface area (Å²) in [5.41, 5.74) is 0.898. The first-order valence-electron chi connectivity index (χ1n) is 6.50. The molecule has 20 heavy (non-hydrogen) atoms. The second-order valence-corrected chi connectivity index (χ2v) is 6.85. The fourth-order valence-corrected chi connectivity index (χ4v) is 2.67. The van der Waals surface area contributed by atoms with Crippen molar-refractivity contribution in [2.24, 2.45) is 0 Å². The van der Waals surface area contributed by atoms with Crippen molar-refractivity contribution in [2.75, 3.05) is 31.9 Å². The summed E-state index contributed by atoms with van der Waals surface area (Å²) in [7, 11) is -0.662. The van der Waals surface area contributed by atoms with Gasteiger partial charge in [0.15, 0.2) is 0 Å². The predicted octanol–water partition coefficient (Wildman–Crippen LogP) is 1.14. The SMILES string of the molecule is CN(C)S(=O)(=O)Nc1cccc(C(=O)N2CCCC2)c1. The Balaban J connectivity index is 2.18. The number of nitrogens with one attached hydrogen (secondary N) is 1. The molecule has 2 rings (SSSR count). The molecule has 0 bridgehead atoms. The lowest BCUT2D eigenvalue weighted by Gasteiger charge is -2.17. The molecule has 6 nitrogen and oxygen atoms in total. The average molecular weight is 297 g/mol. The summed E-state index contributed by atoms with van der Waals surface area (Å²) in [6, 6.07) is 6.58. The van der Waals surface area contributed by atoms with Gasteiger partial charge in [-0.15, -0.1) is 0 Å². The van der Waals surface area contributed by atoms with E-state index in [0.29, 0.717) is 11.3 Å². The van der Waals surface area contributed by atoms with Crippen molar-refractivity contribution >= 4 is 21.8 Å². The number of carbonyl (C=O) groups excluding carboxylic acids is 1. The van der Waals surface area contributed by atoms with Crippen LogP contribution in [0.3, 0.4) is 0 Å². The minimum atomic E-state index is -3.55. The molecule has 1 N–H and O–H groups in total. The molecule has 1 saturated heterocycles. The van der Waals surface area contributed by atoms with Gasteiger partial charge in [-0.3, -0.25) is 9.52 Å². The highest BCUT2D eigenvalue weighted by atomic mass is 32.2. The molecule has 0 atom stereocenters. The van der Waals surface area contributed by atoms with Crippen molar-refractivity contribution in [3.63, 3.8) is 0 Å². The monoisotopic (exact) mass is 297 g/mol. The zero-order valence-electron chi connectivity index (χ0n) is 11.7. The molecule has 1 aromatic carbocycles. The Hall–Kier alpha value is -1.60. The van der Waals surface area contributed by atoms with E-state index in [0.717, 1.165) is 30.2 Å². The second-order valence-electron chi connectivity index (χ2n) is 4.97. The number of likely N-dealkylation sites (tertiary alicyclic amines) is 1. The highest BCUT2D eigenvalue weighted by Crippen LogP contribution is 2.17. The van der Waals surface area contributed by atoms with E-state index < -0.39 is 10.2 Å². The van der Waals surface area contributed by atoms with Crippen molar-refractivity contribution in [1.82, 2.24) is 9.21 Å². The average Bonchev–Trinajstić information content (AvgIpc) is 2.91. The van der Waals surface area contributed by atoms with Crippen LogP contribution in [-0.4, -0.2) is 50.7 Å². The fourth-order valence-electron chi connectivity index (χ4n) is 2.06. The van der Waals surface area contributed by atoms with E-state index in [1.165, 1.54) is 14.1 Å². The summed E-state index contributed by atoms with van der Waals surface area (Å²) < 4.78 is 27.0. The molecule has 0 radical (unpaired) electrons. The van der Waals surface area contributed by atoms with Gasteiger partial charge in [0.1, 0.15) is 0 Å². The summed E-state index contributed by atoms with van der Waals surface area (Å²) in [6.45, 7) is 1.54. The van der Waals surface area contributed by atoms with Gasteiger partial charge in [-0.25, -0.2) is 0 Å². The third kappa shape index (κ3) is 3.29. The van der Waals surface area contributed by atoms with Crippen LogP contribution in [0.5, 0.6) is 0 Å². The van der Waals surface area contributed by atoms with E-state index in [4.69, 9.17) is 0 Å². The molecule has 7 heteroatoms. The number of benzene rings is 1. The Morgan fingerprint density at radius 3 is 2.50 bits per heavy atom. The standard InChI is InChI=1S/C13H19N3O3S/c1-15(2)20(18,19)14-12-7-5-6-11(10-12)13(17)16-8-3-4-9-16/h5-7,10,14H,3-4,8-9H2,1-2H3. The topological polar surface area (TPSA) is 69.7 Å². The minimum Gasteiger partial charge on any atom is -0.339 e. The van der Waals surface area contributed by atoms with Crippen LogP contribution in [0.4, 0.5) is 5.69 Å². The summed E-state index contributed by atoms with van der Waals surface area (Å²) in [5, 5.41) is 0. The van der Waals surface area contributed by atoms with E-state index in [1.807, 2.05) is 0 Å². The molecular weight excluding hydrogens is 278 g/mol. The first kappa shape index (κ1) is 14.8. The Kier molecular flexibility index (Phi) is 4.29. The van der Waals surface area contributed by atoms with Crippen LogP contribution < -0.4 is 4.72 Å². The zero-order valence-corrected chi connectivity index (χ0v) is 12.5. The maximum absolute atomic E-state index is 12.2. The summed E-state index contributed by atoms with van der Waals surface area (Å²) in [6.07, 6.45) is 2.05. The highest BCUT2D eigenvalue weighted by Gasteiger charge is 2.20. The number of hydrogen-bond donors (Lipinski definition) is 1. The third-order valence-electron chi connectivity index (χ3n) is 3.23. The Labute approximate surface area is 119 Å². The van der Waals surface area contributed by atoms with Crippen LogP contribution in [0.2, 0.25) is 0 Å². The van der Waals surface area contributed by atoms with Crippen molar-refractivity contribution < 1.29 is 13.2 Å². The van der Waals surface area contributed by atoms with Crippen molar-refractivity contribution in [2.45, 2.75) is 12.8 Å². The van der Waals surface area contributed by atoms with Gasteiger partial charge in [-0.05, 0) is 31.0 Å². The molecule has 110 valence electrons. The maximum atomic E-state index is 12.2. The molecule has 1 aromatic rings. The molecule has 0 unspecified atom stereocenters. The molecule has 1 aliphatic heterocycles. The zero-order chi connectivity index (χ0) is 14.8. The normalized spacial score (nSPS) is 15.7. The van der Waals surface area contributed by atoms with Crippen LogP contribution in [0.1, 0.15) is 23.2 Å². The quantitative estimate of drug-likeness (QED) is 0.906. The molecular formula is C13H19N3O3S. The van der Waals surface area contributed by atoms with E-state index in [9.17, 15) is 13.2 Å². The van der Waals surface area contributed by atoms with Crippen molar-refractivity contribution in [1.29, 1.82) is 0 Å². The summed E-state index contributed by atoms with van der Waals surface area (Å²) in [4.78, 5) is 14.0. The van der Waals surface area contributed by atoms with E-state index in [-0.39, 0.29) is 5.91 Å². The number of hydrogen-bond acceptors (Lipinski definition) is 3. The van der Waals surface area contributed by atoms with Gasteiger partial charge in [0, 0.05) is 32.7 Å². The van der Waals surface area contributed by atoms with Gasteiger partial charge >= 0.3 is 10.2 Å². The number of carbonyl (C=O) groups is 1. The lowest BCUT2D eigenvalue weighted by Crippen LogP contribution is -2.29. The summed E-state index contributed by atoms with van der Waals surface area (Å²) >= 11 is 0.